The monoisotopic (exact) mass is 466 g/mol. The number of benzene rings is 2. The van der Waals surface area contributed by atoms with Crippen LogP contribution in [-0.4, -0.2) is 52.5 Å². The summed E-state index contributed by atoms with van der Waals surface area (Å²) in [5.74, 6) is -0.523. The van der Waals surface area contributed by atoms with E-state index >= 15 is 0 Å². The molecule has 1 amide bonds. The highest BCUT2D eigenvalue weighted by Crippen LogP contribution is 2.35. The lowest BCUT2D eigenvalue weighted by Crippen LogP contribution is -2.48. The fourth-order valence-corrected chi connectivity index (χ4v) is 3.97. The molecule has 0 aliphatic carbocycles. The van der Waals surface area contributed by atoms with Gasteiger partial charge in [-0.25, -0.2) is 19.8 Å². The average Bonchev–Trinajstić information content (AvgIpc) is 2.89. The number of ether oxygens (including phenoxy) is 1. The molecule has 0 saturated carbocycles. The first-order valence-corrected chi connectivity index (χ1v) is 11.0. The van der Waals surface area contributed by atoms with Crippen molar-refractivity contribution < 1.29 is 19.1 Å². The molecule has 178 valence electrons. The van der Waals surface area contributed by atoms with Crippen molar-refractivity contribution >= 4 is 17.5 Å². The smallest absolute Gasteiger partial charge is 0.277 e. The van der Waals surface area contributed by atoms with E-state index in [4.69, 9.17) is 9.94 Å². The van der Waals surface area contributed by atoms with E-state index in [1.165, 1.54) is 24.5 Å². The predicted molar refractivity (Wildman–Crippen MR) is 125 cm³/mol. The molecule has 4 N–H and O–H groups in total. The standard InChI is InChI=1S/C24H27FN6O3/c25-20-6-8-21(9-7-20)28-16-34-17-31-12-10-24(11-13-31,19-4-2-1-3-5-19)29-23-26-14-18(15-27-23)22(32)30-33/h1-9,14-15,28,33H,10-13,16-17H2,(H,30,32)(H,26,27,29). The number of hydrogen-bond donors (Lipinski definition) is 4. The molecular weight excluding hydrogens is 439 g/mol. The lowest BCUT2D eigenvalue weighted by atomic mass is 9.81. The van der Waals surface area contributed by atoms with E-state index in [1.54, 1.807) is 17.6 Å². The molecule has 1 fully saturated rings. The minimum atomic E-state index is -0.661. The fourth-order valence-electron chi connectivity index (χ4n) is 3.97. The fraction of sp³-hybridized carbons (Fsp3) is 0.292. The summed E-state index contributed by atoms with van der Waals surface area (Å²) in [6.45, 7) is 2.39. The van der Waals surface area contributed by atoms with Crippen LogP contribution in [0.25, 0.3) is 0 Å². The van der Waals surface area contributed by atoms with Crippen LogP contribution in [0.15, 0.2) is 67.0 Å². The largest absolute Gasteiger partial charge is 0.363 e. The van der Waals surface area contributed by atoms with Crippen molar-refractivity contribution in [1.29, 1.82) is 0 Å². The minimum Gasteiger partial charge on any atom is -0.363 e. The number of likely N-dealkylation sites (tertiary alicyclic amines) is 1. The molecule has 1 aliphatic rings. The normalized spacial score (nSPS) is 15.5. The van der Waals surface area contributed by atoms with Gasteiger partial charge in [0.2, 0.25) is 5.95 Å². The molecule has 9 nitrogen and oxygen atoms in total. The van der Waals surface area contributed by atoms with E-state index in [0.29, 0.717) is 19.4 Å². The van der Waals surface area contributed by atoms with E-state index in [0.717, 1.165) is 37.2 Å². The van der Waals surface area contributed by atoms with Gasteiger partial charge in [0.1, 0.15) is 19.3 Å². The van der Waals surface area contributed by atoms with Gasteiger partial charge >= 0.3 is 0 Å². The lowest BCUT2D eigenvalue weighted by molar-refractivity contribution is 0.0164. The Morgan fingerprint density at radius 2 is 1.74 bits per heavy atom. The molecule has 0 radical (unpaired) electrons. The van der Waals surface area contributed by atoms with Crippen LogP contribution in [-0.2, 0) is 10.3 Å². The van der Waals surface area contributed by atoms with Crippen LogP contribution in [0.3, 0.4) is 0 Å². The molecule has 0 spiro atoms. The van der Waals surface area contributed by atoms with Crippen molar-refractivity contribution in [2.24, 2.45) is 0 Å². The first-order chi connectivity index (χ1) is 16.6. The molecular formula is C24H27FN6O3. The van der Waals surface area contributed by atoms with Gasteiger partial charge in [0, 0.05) is 31.2 Å². The third-order valence-electron chi connectivity index (χ3n) is 5.90. The SMILES string of the molecule is O=C(NO)c1cnc(NC2(c3ccccc3)CCN(COCNc3ccc(F)cc3)CC2)nc1. The van der Waals surface area contributed by atoms with Gasteiger partial charge in [-0.15, -0.1) is 0 Å². The number of hydrogen-bond acceptors (Lipinski definition) is 8. The highest BCUT2D eigenvalue weighted by atomic mass is 19.1. The van der Waals surface area contributed by atoms with Crippen LogP contribution in [0.5, 0.6) is 0 Å². The zero-order valence-corrected chi connectivity index (χ0v) is 18.6. The molecule has 4 rings (SSSR count). The maximum Gasteiger partial charge on any atom is 0.277 e. The van der Waals surface area contributed by atoms with Crippen molar-refractivity contribution in [2.45, 2.75) is 18.4 Å². The summed E-state index contributed by atoms with van der Waals surface area (Å²) in [4.78, 5) is 22.3. The van der Waals surface area contributed by atoms with Crippen LogP contribution in [0, 0.1) is 5.82 Å². The Morgan fingerprint density at radius 3 is 2.38 bits per heavy atom. The molecule has 1 aliphatic heterocycles. The molecule has 34 heavy (non-hydrogen) atoms. The van der Waals surface area contributed by atoms with Gasteiger partial charge in [-0.05, 0) is 42.7 Å². The van der Waals surface area contributed by atoms with Crippen LogP contribution in [0.4, 0.5) is 16.0 Å². The van der Waals surface area contributed by atoms with Gasteiger partial charge in [-0.3, -0.25) is 14.9 Å². The van der Waals surface area contributed by atoms with Gasteiger partial charge in [0.05, 0.1) is 11.1 Å². The Bertz CT molecular complexity index is 1060. The van der Waals surface area contributed by atoms with Crippen molar-refractivity contribution in [3.8, 4) is 0 Å². The van der Waals surface area contributed by atoms with Crippen molar-refractivity contribution in [3.05, 3.63) is 83.9 Å². The number of carbonyl (C=O) groups is 1. The molecule has 2 heterocycles. The Morgan fingerprint density at radius 1 is 1.06 bits per heavy atom. The highest BCUT2D eigenvalue weighted by molar-refractivity contribution is 5.92. The number of piperidine rings is 1. The molecule has 1 saturated heterocycles. The molecule has 3 aromatic rings. The zero-order chi connectivity index (χ0) is 23.8. The number of rotatable bonds is 9. The van der Waals surface area contributed by atoms with E-state index < -0.39 is 5.91 Å². The number of amides is 1. The van der Waals surface area contributed by atoms with Gasteiger partial charge in [0.25, 0.3) is 5.91 Å². The first kappa shape index (κ1) is 23.6. The third-order valence-corrected chi connectivity index (χ3v) is 5.90. The molecule has 0 unspecified atom stereocenters. The number of halogens is 1. The number of hydroxylamine groups is 1. The maximum atomic E-state index is 13.0. The molecule has 1 aromatic heterocycles. The summed E-state index contributed by atoms with van der Waals surface area (Å²) in [6.07, 6.45) is 4.34. The van der Waals surface area contributed by atoms with Crippen molar-refractivity contribution in [2.75, 3.05) is 37.2 Å². The number of carbonyl (C=O) groups excluding carboxylic acids is 1. The number of anilines is 2. The van der Waals surface area contributed by atoms with Crippen LogP contribution in [0.1, 0.15) is 28.8 Å². The van der Waals surface area contributed by atoms with Crippen molar-refractivity contribution in [1.82, 2.24) is 20.3 Å². The minimum absolute atomic E-state index is 0.169. The molecule has 0 bridgehead atoms. The van der Waals surface area contributed by atoms with E-state index in [2.05, 4.69) is 37.6 Å². The van der Waals surface area contributed by atoms with E-state index in [9.17, 15) is 9.18 Å². The number of nitrogens with zero attached hydrogens (tertiary/aromatic N) is 3. The van der Waals surface area contributed by atoms with Gasteiger partial charge in [-0.1, -0.05) is 30.3 Å². The Kier molecular flexibility index (Phi) is 7.63. The van der Waals surface area contributed by atoms with Crippen LogP contribution < -0.4 is 16.1 Å². The zero-order valence-electron chi connectivity index (χ0n) is 18.6. The summed E-state index contributed by atoms with van der Waals surface area (Å²) >= 11 is 0. The summed E-state index contributed by atoms with van der Waals surface area (Å²) in [7, 11) is 0. The maximum absolute atomic E-state index is 13.0. The second-order valence-electron chi connectivity index (χ2n) is 8.09. The number of nitrogens with one attached hydrogen (secondary N) is 3. The van der Waals surface area contributed by atoms with Gasteiger partial charge in [-0.2, -0.15) is 0 Å². The molecule has 2 aromatic carbocycles. The summed E-state index contributed by atoms with van der Waals surface area (Å²) in [5, 5.41) is 15.4. The second-order valence-corrected chi connectivity index (χ2v) is 8.09. The molecule has 0 atom stereocenters. The van der Waals surface area contributed by atoms with E-state index in [1.807, 2.05) is 18.2 Å². The Labute approximate surface area is 196 Å². The Hall–Kier alpha value is -3.60. The number of aromatic nitrogens is 2. The summed E-state index contributed by atoms with van der Waals surface area (Å²) < 4.78 is 18.8. The first-order valence-electron chi connectivity index (χ1n) is 11.0. The van der Waals surface area contributed by atoms with E-state index in [-0.39, 0.29) is 16.9 Å². The van der Waals surface area contributed by atoms with Gasteiger partial charge < -0.3 is 15.4 Å². The lowest BCUT2D eigenvalue weighted by Gasteiger charge is -2.42. The van der Waals surface area contributed by atoms with Gasteiger partial charge in [0.15, 0.2) is 0 Å². The quantitative estimate of drug-likeness (QED) is 0.165. The topological polar surface area (TPSA) is 112 Å². The molecule has 10 heteroatoms. The van der Waals surface area contributed by atoms with Crippen LogP contribution >= 0.6 is 0 Å². The highest BCUT2D eigenvalue weighted by Gasteiger charge is 2.36. The average molecular weight is 467 g/mol. The van der Waals surface area contributed by atoms with Crippen molar-refractivity contribution in [3.63, 3.8) is 0 Å². The predicted octanol–water partition coefficient (Wildman–Crippen LogP) is 3.18. The second kappa shape index (κ2) is 11.0. The summed E-state index contributed by atoms with van der Waals surface area (Å²) in [5.41, 5.74) is 3.31. The summed E-state index contributed by atoms with van der Waals surface area (Å²) in [6, 6.07) is 16.3. The third kappa shape index (κ3) is 5.84. The Balaban J connectivity index is 1.35. The van der Waals surface area contributed by atoms with Crippen LogP contribution in [0.2, 0.25) is 0 Å².